The van der Waals surface area contributed by atoms with Crippen LogP contribution < -0.4 is 4.74 Å². The molecule has 0 N–H and O–H groups in total. The zero-order valence-electron chi connectivity index (χ0n) is 12.0. The van der Waals surface area contributed by atoms with Crippen LogP contribution in [0.3, 0.4) is 0 Å². The van der Waals surface area contributed by atoms with Gasteiger partial charge in [-0.05, 0) is 55.7 Å². The van der Waals surface area contributed by atoms with Crippen molar-refractivity contribution in [3.05, 3.63) is 70.8 Å². The first-order valence-corrected chi connectivity index (χ1v) is 6.58. The molecule has 2 rings (SSSR count). The van der Waals surface area contributed by atoms with Gasteiger partial charge in [0.2, 0.25) is 0 Å². The van der Waals surface area contributed by atoms with E-state index in [9.17, 15) is 4.79 Å². The first-order valence-electron chi connectivity index (χ1n) is 6.58. The van der Waals surface area contributed by atoms with E-state index in [2.05, 4.69) is 0 Å². The lowest BCUT2D eigenvalue weighted by molar-refractivity contribution is -0.128. The number of rotatable bonds is 3. The zero-order chi connectivity index (χ0) is 14.5. The second kappa shape index (κ2) is 6.20. The Bertz CT molecular complexity index is 637. The summed E-state index contributed by atoms with van der Waals surface area (Å²) in [6.07, 6.45) is 3.20. The highest BCUT2D eigenvalue weighted by Gasteiger charge is 2.02. The number of hydrogen-bond donors (Lipinski definition) is 0. The van der Waals surface area contributed by atoms with Gasteiger partial charge in [-0.2, -0.15) is 0 Å². The minimum Gasteiger partial charge on any atom is -0.423 e. The lowest BCUT2D eigenvalue weighted by Crippen LogP contribution is -2.03. The van der Waals surface area contributed by atoms with E-state index in [0.29, 0.717) is 5.75 Å². The number of benzene rings is 2. The Morgan fingerprint density at radius 3 is 2.30 bits per heavy atom. The molecule has 0 spiro atoms. The lowest BCUT2D eigenvalue weighted by Gasteiger charge is -2.04. The van der Waals surface area contributed by atoms with Crippen LogP contribution in [-0.4, -0.2) is 5.97 Å². The van der Waals surface area contributed by atoms with Crippen molar-refractivity contribution in [2.45, 2.75) is 20.8 Å². The molecule has 0 heterocycles. The minimum atomic E-state index is -0.367. The summed E-state index contributed by atoms with van der Waals surface area (Å²) in [7, 11) is 0. The summed E-state index contributed by atoms with van der Waals surface area (Å²) in [4.78, 5) is 11.7. The van der Waals surface area contributed by atoms with Gasteiger partial charge in [0, 0.05) is 6.08 Å². The van der Waals surface area contributed by atoms with Crippen molar-refractivity contribution in [2.24, 2.45) is 0 Å². The van der Waals surface area contributed by atoms with Crippen LogP contribution in [0.1, 0.15) is 22.3 Å². The Balaban J connectivity index is 2.01. The summed E-state index contributed by atoms with van der Waals surface area (Å²) >= 11 is 0. The summed E-state index contributed by atoms with van der Waals surface area (Å²) in [6, 6.07) is 13.6. The third-order valence-electron chi connectivity index (χ3n) is 3.19. The normalized spacial score (nSPS) is 10.8. The van der Waals surface area contributed by atoms with Gasteiger partial charge < -0.3 is 4.74 Å². The van der Waals surface area contributed by atoms with Crippen LogP contribution in [0.5, 0.6) is 5.75 Å². The maximum atomic E-state index is 11.7. The molecule has 102 valence electrons. The van der Waals surface area contributed by atoms with Crippen molar-refractivity contribution in [1.29, 1.82) is 0 Å². The van der Waals surface area contributed by atoms with Crippen molar-refractivity contribution in [3.8, 4) is 5.75 Å². The monoisotopic (exact) mass is 266 g/mol. The van der Waals surface area contributed by atoms with Gasteiger partial charge in [-0.15, -0.1) is 0 Å². The maximum absolute atomic E-state index is 11.7. The smallest absolute Gasteiger partial charge is 0.336 e. The van der Waals surface area contributed by atoms with Crippen LogP contribution in [0.15, 0.2) is 48.5 Å². The molecule has 0 saturated carbocycles. The fourth-order valence-corrected chi connectivity index (χ4v) is 1.77. The number of hydrogen-bond acceptors (Lipinski definition) is 2. The van der Waals surface area contributed by atoms with Crippen molar-refractivity contribution in [3.63, 3.8) is 0 Å². The molecule has 0 aliphatic rings. The molecular formula is C18H18O2. The SMILES string of the molecule is Cc1ccc(/C=C/C(=O)Oc2ccc(C)c(C)c2)cc1. The highest BCUT2D eigenvalue weighted by atomic mass is 16.5. The second-order valence-electron chi connectivity index (χ2n) is 4.91. The summed E-state index contributed by atoms with van der Waals surface area (Å²) in [5.74, 6) is 0.209. The van der Waals surface area contributed by atoms with Crippen LogP contribution in [0.4, 0.5) is 0 Å². The molecule has 2 heteroatoms. The van der Waals surface area contributed by atoms with E-state index in [-0.39, 0.29) is 5.97 Å². The van der Waals surface area contributed by atoms with Crippen LogP contribution in [0.25, 0.3) is 6.08 Å². The molecule has 2 aromatic carbocycles. The van der Waals surface area contributed by atoms with Crippen LogP contribution in [0.2, 0.25) is 0 Å². The van der Waals surface area contributed by atoms with Gasteiger partial charge in [0.25, 0.3) is 0 Å². The molecule has 0 amide bonds. The standard InChI is InChI=1S/C18H18O2/c1-13-4-7-16(8-5-13)9-11-18(19)20-17-10-6-14(2)15(3)12-17/h4-12H,1-3H3/b11-9+. The molecule has 0 fully saturated rings. The molecule has 2 nitrogen and oxygen atoms in total. The summed E-state index contributed by atoms with van der Waals surface area (Å²) in [5.41, 5.74) is 4.46. The van der Waals surface area contributed by atoms with Gasteiger partial charge in [-0.25, -0.2) is 4.79 Å². The Labute approximate surface area is 119 Å². The quantitative estimate of drug-likeness (QED) is 0.472. The highest BCUT2D eigenvalue weighted by molar-refractivity contribution is 5.88. The molecular weight excluding hydrogens is 248 g/mol. The van der Waals surface area contributed by atoms with E-state index in [1.807, 2.05) is 57.2 Å². The van der Waals surface area contributed by atoms with Crippen LogP contribution in [0, 0.1) is 20.8 Å². The first kappa shape index (κ1) is 14.1. The van der Waals surface area contributed by atoms with E-state index >= 15 is 0 Å². The van der Waals surface area contributed by atoms with Crippen molar-refractivity contribution < 1.29 is 9.53 Å². The molecule has 0 saturated heterocycles. The van der Waals surface area contributed by atoms with E-state index in [4.69, 9.17) is 4.74 Å². The maximum Gasteiger partial charge on any atom is 0.336 e. The Morgan fingerprint density at radius 2 is 1.65 bits per heavy atom. The zero-order valence-corrected chi connectivity index (χ0v) is 12.0. The minimum absolute atomic E-state index is 0.367. The van der Waals surface area contributed by atoms with Gasteiger partial charge in [-0.1, -0.05) is 35.9 Å². The fourth-order valence-electron chi connectivity index (χ4n) is 1.77. The number of esters is 1. The fraction of sp³-hybridized carbons (Fsp3) is 0.167. The molecule has 0 radical (unpaired) electrons. The molecule has 0 aliphatic heterocycles. The van der Waals surface area contributed by atoms with Crippen molar-refractivity contribution >= 4 is 12.0 Å². The van der Waals surface area contributed by atoms with Crippen LogP contribution in [-0.2, 0) is 4.79 Å². The molecule has 20 heavy (non-hydrogen) atoms. The van der Waals surface area contributed by atoms with E-state index in [0.717, 1.165) is 11.1 Å². The molecule has 0 atom stereocenters. The predicted octanol–water partition coefficient (Wildman–Crippen LogP) is 4.23. The number of ether oxygens (including phenoxy) is 1. The largest absolute Gasteiger partial charge is 0.423 e. The van der Waals surface area contributed by atoms with Crippen molar-refractivity contribution in [1.82, 2.24) is 0 Å². The van der Waals surface area contributed by atoms with E-state index in [1.54, 1.807) is 12.1 Å². The average Bonchev–Trinajstić information content (AvgIpc) is 2.42. The predicted molar refractivity (Wildman–Crippen MR) is 81.8 cm³/mol. The number of carbonyl (C=O) groups excluding carboxylic acids is 1. The number of aryl methyl sites for hydroxylation is 3. The third-order valence-corrected chi connectivity index (χ3v) is 3.19. The molecule has 0 unspecified atom stereocenters. The van der Waals surface area contributed by atoms with Gasteiger partial charge in [0.15, 0.2) is 0 Å². The van der Waals surface area contributed by atoms with Crippen LogP contribution >= 0.6 is 0 Å². The van der Waals surface area contributed by atoms with E-state index in [1.165, 1.54) is 17.2 Å². The third kappa shape index (κ3) is 3.82. The number of carbonyl (C=O) groups is 1. The van der Waals surface area contributed by atoms with Gasteiger partial charge in [0.1, 0.15) is 5.75 Å². The summed E-state index contributed by atoms with van der Waals surface area (Å²) in [6.45, 7) is 6.05. The topological polar surface area (TPSA) is 26.3 Å². The highest BCUT2D eigenvalue weighted by Crippen LogP contribution is 2.16. The average molecular weight is 266 g/mol. The summed E-state index contributed by atoms with van der Waals surface area (Å²) < 4.78 is 5.27. The summed E-state index contributed by atoms with van der Waals surface area (Å²) in [5, 5.41) is 0. The van der Waals surface area contributed by atoms with E-state index < -0.39 is 0 Å². The Kier molecular flexibility index (Phi) is 4.36. The molecule has 0 aromatic heterocycles. The molecule has 0 bridgehead atoms. The Hall–Kier alpha value is -2.35. The lowest BCUT2D eigenvalue weighted by atomic mass is 10.1. The first-order chi connectivity index (χ1) is 9.54. The van der Waals surface area contributed by atoms with Crippen molar-refractivity contribution in [2.75, 3.05) is 0 Å². The molecule has 0 aliphatic carbocycles. The van der Waals surface area contributed by atoms with Gasteiger partial charge >= 0.3 is 5.97 Å². The van der Waals surface area contributed by atoms with Gasteiger partial charge in [-0.3, -0.25) is 0 Å². The molecule has 2 aromatic rings. The van der Waals surface area contributed by atoms with Gasteiger partial charge in [0.05, 0.1) is 0 Å². The Morgan fingerprint density at radius 1 is 0.950 bits per heavy atom. The second-order valence-corrected chi connectivity index (χ2v) is 4.91.